The van der Waals surface area contributed by atoms with Gasteiger partial charge in [-0.2, -0.15) is 0 Å². The molecule has 1 aliphatic heterocycles. The molecule has 5 heteroatoms. The highest BCUT2D eigenvalue weighted by molar-refractivity contribution is 5.51. The van der Waals surface area contributed by atoms with Gasteiger partial charge in [-0.25, -0.2) is 0 Å². The molecule has 16 heavy (non-hydrogen) atoms. The summed E-state index contributed by atoms with van der Waals surface area (Å²) in [6, 6.07) is 3.33. The summed E-state index contributed by atoms with van der Waals surface area (Å²) in [7, 11) is 1.88. The zero-order chi connectivity index (χ0) is 11.5. The lowest BCUT2D eigenvalue weighted by Crippen LogP contribution is -2.21. The van der Waals surface area contributed by atoms with Crippen molar-refractivity contribution in [1.29, 1.82) is 0 Å². The fraction of sp³-hybridized carbons (Fsp3) is 0.455. The lowest BCUT2D eigenvalue weighted by molar-refractivity contribution is 0.174. The molecule has 1 aliphatic rings. The molecule has 88 valence electrons. The molecule has 0 radical (unpaired) electrons. The van der Waals surface area contributed by atoms with Crippen molar-refractivity contribution < 1.29 is 19.7 Å². The highest BCUT2D eigenvalue weighted by Gasteiger charge is 2.17. The third-order valence-electron chi connectivity index (χ3n) is 2.50. The van der Waals surface area contributed by atoms with E-state index in [1.807, 2.05) is 11.9 Å². The molecule has 2 rings (SSSR count). The van der Waals surface area contributed by atoms with E-state index in [1.54, 1.807) is 12.1 Å². The summed E-state index contributed by atoms with van der Waals surface area (Å²) in [4.78, 5) is 1.91. The Balaban J connectivity index is 2.15. The molecule has 0 aliphatic carbocycles. The molecule has 0 aromatic heterocycles. The fourth-order valence-electron chi connectivity index (χ4n) is 1.64. The van der Waals surface area contributed by atoms with Crippen LogP contribution >= 0.6 is 0 Å². The van der Waals surface area contributed by atoms with Crippen molar-refractivity contribution in [3.05, 3.63) is 17.7 Å². The van der Waals surface area contributed by atoms with Crippen LogP contribution in [0.2, 0.25) is 0 Å². The van der Waals surface area contributed by atoms with Gasteiger partial charge in [0.2, 0.25) is 6.79 Å². The van der Waals surface area contributed by atoms with Crippen LogP contribution in [0.25, 0.3) is 0 Å². The Bertz CT molecular complexity index is 380. The van der Waals surface area contributed by atoms with Crippen LogP contribution in [0, 0.1) is 0 Å². The van der Waals surface area contributed by atoms with Gasteiger partial charge in [-0.15, -0.1) is 0 Å². The number of aromatic hydroxyl groups is 1. The highest BCUT2D eigenvalue weighted by atomic mass is 16.7. The summed E-state index contributed by atoms with van der Waals surface area (Å²) >= 11 is 0. The van der Waals surface area contributed by atoms with Gasteiger partial charge in [-0.05, 0) is 13.1 Å². The van der Waals surface area contributed by atoms with Crippen LogP contribution in [0.5, 0.6) is 17.2 Å². The van der Waals surface area contributed by atoms with Crippen molar-refractivity contribution in [3.63, 3.8) is 0 Å². The molecule has 5 nitrogen and oxygen atoms in total. The summed E-state index contributed by atoms with van der Waals surface area (Å²) in [6.07, 6.45) is 0. The number of nitrogens with zero attached hydrogens (tertiary/aromatic N) is 1. The number of rotatable bonds is 4. The number of aliphatic hydroxyl groups is 1. The summed E-state index contributed by atoms with van der Waals surface area (Å²) < 4.78 is 10.4. The highest BCUT2D eigenvalue weighted by Crippen LogP contribution is 2.37. The van der Waals surface area contributed by atoms with Gasteiger partial charge in [0.05, 0.1) is 6.61 Å². The molecular formula is C11H15NO4. The Labute approximate surface area is 93.8 Å². The summed E-state index contributed by atoms with van der Waals surface area (Å²) in [5.41, 5.74) is 0.764. The molecular weight excluding hydrogens is 210 g/mol. The third kappa shape index (κ3) is 2.20. The molecule has 0 bridgehead atoms. The Morgan fingerprint density at radius 2 is 2.00 bits per heavy atom. The van der Waals surface area contributed by atoms with Gasteiger partial charge in [-0.1, -0.05) is 0 Å². The van der Waals surface area contributed by atoms with Gasteiger partial charge in [-0.3, -0.25) is 4.90 Å². The number of benzene rings is 1. The predicted octanol–water partition coefficient (Wildman–Crippen LogP) is 0.545. The number of aliphatic hydroxyl groups excluding tert-OH is 1. The molecule has 0 amide bonds. The topological polar surface area (TPSA) is 62.2 Å². The number of hydrogen-bond acceptors (Lipinski definition) is 5. The average molecular weight is 225 g/mol. The van der Waals surface area contributed by atoms with E-state index in [-0.39, 0.29) is 19.1 Å². The van der Waals surface area contributed by atoms with E-state index < -0.39 is 0 Å². The molecule has 1 aromatic rings. The van der Waals surface area contributed by atoms with E-state index in [2.05, 4.69) is 0 Å². The van der Waals surface area contributed by atoms with E-state index in [1.165, 1.54) is 0 Å². The Morgan fingerprint density at radius 3 is 2.69 bits per heavy atom. The molecule has 0 atom stereocenters. The van der Waals surface area contributed by atoms with Crippen molar-refractivity contribution in [1.82, 2.24) is 4.90 Å². The van der Waals surface area contributed by atoms with Crippen molar-refractivity contribution in [2.45, 2.75) is 6.54 Å². The molecule has 1 heterocycles. The smallest absolute Gasteiger partial charge is 0.231 e. The normalized spacial score (nSPS) is 13.4. The zero-order valence-corrected chi connectivity index (χ0v) is 9.14. The molecule has 1 aromatic carbocycles. The van der Waals surface area contributed by atoms with Crippen molar-refractivity contribution >= 4 is 0 Å². The first kappa shape index (κ1) is 11.0. The van der Waals surface area contributed by atoms with Crippen molar-refractivity contribution in [2.24, 2.45) is 0 Å². The van der Waals surface area contributed by atoms with Crippen LogP contribution in [0.4, 0.5) is 0 Å². The molecule has 0 spiro atoms. The van der Waals surface area contributed by atoms with E-state index in [0.29, 0.717) is 24.6 Å². The lowest BCUT2D eigenvalue weighted by Gasteiger charge is -2.16. The number of ether oxygens (including phenoxy) is 2. The maximum absolute atomic E-state index is 9.77. The van der Waals surface area contributed by atoms with Crippen LogP contribution in [-0.4, -0.2) is 42.1 Å². The SMILES string of the molecule is CN(CCO)Cc1cc2c(cc1O)OCO2. The van der Waals surface area contributed by atoms with Gasteiger partial charge in [0.15, 0.2) is 11.5 Å². The van der Waals surface area contributed by atoms with Crippen LogP contribution in [0.1, 0.15) is 5.56 Å². The van der Waals surface area contributed by atoms with E-state index in [0.717, 1.165) is 5.56 Å². The first-order valence-corrected chi connectivity index (χ1v) is 5.11. The molecule has 0 fully saturated rings. The monoisotopic (exact) mass is 225 g/mol. The van der Waals surface area contributed by atoms with E-state index in [9.17, 15) is 5.11 Å². The standard InChI is InChI=1S/C11H15NO4/c1-12(2-3-13)6-8-4-10-11(5-9(8)14)16-7-15-10/h4-5,13-14H,2-3,6-7H2,1H3. The van der Waals surface area contributed by atoms with Crippen molar-refractivity contribution in [2.75, 3.05) is 27.0 Å². The fourth-order valence-corrected chi connectivity index (χ4v) is 1.64. The minimum absolute atomic E-state index is 0.0990. The number of phenolic OH excluding ortho intramolecular Hbond substituents is 1. The Kier molecular flexibility index (Phi) is 3.17. The number of phenols is 1. The van der Waals surface area contributed by atoms with E-state index >= 15 is 0 Å². The van der Waals surface area contributed by atoms with Gasteiger partial charge >= 0.3 is 0 Å². The van der Waals surface area contributed by atoms with Gasteiger partial charge < -0.3 is 19.7 Å². The molecule has 0 saturated carbocycles. The number of fused-ring (bicyclic) bond motifs is 1. The Hall–Kier alpha value is -1.46. The van der Waals surface area contributed by atoms with Crippen LogP contribution in [0.15, 0.2) is 12.1 Å². The predicted molar refractivity (Wildman–Crippen MR) is 57.6 cm³/mol. The zero-order valence-electron chi connectivity index (χ0n) is 9.14. The van der Waals surface area contributed by atoms with Crippen LogP contribution in [-0.2, 0) is 6.54 Å². The first-order valence-electron chi connectivity index (χ1n) is 5.11. The lowest BCUT2D eigenvalue weighted by atomic mass is 10.1. The Morgan fingerprint density at radius 1 is 1.31 bits per heavy atom. The van der Waals surface area contributed by atoms with Crippen molar-refractivity contribution in [3.8, 4) is 17.2 Å². The van der Waals surface area contributed by atoms with Gasteiger partial charge in [0, 0.05) is 24.7 Å². The second kappa shape index (κ2) is 4.59. The largest absolute Gasteiger partial charge is 0.507 e. The molecule has 0 unspecified atom stereocenters. The second-order valence-corrected chi connectivity index (χ2v) is 3.80. The van der Waals surface area contributed by atoms with Crippen LogP contribution < -0.4 is 9.47 Å². The quantitative estimate of drug-likeness (QED) is 0.783. The van der Waals surface area contributed by atoms with Gasteiger partial charge in [0.1, 0.15) is 5.75 Å². The number of hydrogen-bond donors (Lipinski definition) is 2. The summed E-state index contributed by atoms with van der Waals surface area (Å²) in [5, 5.41) is 18.6. The molecule has 2 N–H and O–H groups in total. The average Bonchev–Trinajstić information content (AvgIpc) is 2.65. The second-order valence-electron chi connectivity index (χ2n) is 3.80. The third-order valence-corrected chi connectivity index (χ3v) is 2.50. The first-order chi connectivity index (χ1) is 7.70. The minimum Gasteiger partial charge on any atom is -0.507 e. The summed E-state index contributed by atoms with van der Waals surface area (Å²) in [6.45, 7) is 1.42. The maximum atomic E-state index is 9.77. The number of likely N-dealkylation sites (N-methyl/N-ethyl adjacent to an activating group) is 1. The van der Waals surface area contributed by atoms with Crippen LogP contribution in [0.3, 0.4) is 0 Å². The maximum Gasteiger partial charge on any atom is 0.231 e. The van der Waals surface area contributed by atoms with Gasteiger partial charge in [0.25, 0.3) is 0 Å². The minimum atomic E-state index is 0.0990. The molecule has 0 saturated heterocycles. The summed E-state index contributed by atoms with van der Waals surface area (Å²) in [5.74, 6) is 1.42. The van der Waals surface area contributed by atoms with E-state index in [4.69, 9.17) is 14.6 Å².